The number of alkyl halides is 3. The summed E-state index contributed by atoms with van der Waals surface area (Å²) in [7, 11) is 0. The molecule has 0 saturated heterocycles. The molecule has 0 heterocycles. The molecule has 1 nitrogen and oxygen atoms in total. The van der Waals surface area contributed by atoms with Crippen molar-refractivity contribution in [2.24, 2.45) is 0 Å². The van der Waals surface area contributed by atoms with Gasteiger partial charge in [0.05, 0.1) is 0 Å². The van der Waals surface area contributed by atoms with Crippen LogP contribution in [0.2, 0.25) is 0 Å². The summed E-state index contributed by atoms with van der Waals surface area (Å²) in [5, 5.41) is 8.84. The quantitative estimate of drug-likeness (QED) is 0.551. The molecular weight excluding hydrogens is 303 g/mol. The molecule has 74 valence electrons. The van der Waals surface area contributed by atoms with E-state index in [1.54, 1.807) is 0 Å². The average molecular weight is 307 g/mol. The summed E-state index contributed by atoms with van der Waals surface area (Å²) >= 11 is -1.93. The molecule has 1 rings (SSSR count). The van der Waals surface area contributed by atoms with Crippen molar-refractivity contribution >= 4 is 0 Å². The van der Waals surface area contributed by atoms with Gasteiger partial charge in [-0.25, -0.2) is 0 Å². The number of hydrogen-bond acceptors (Lipinski definition) is 1. The predicted octanol–water partition coefficient (Wildman–Crippen LogP) is -0.446. The Hall–Kier alpha value is -0.530. The molecule has 0 aliphatic heterocycles. The molecule has 0 aromatic heterocycles. The van der Waals surface area contributed by atoms with Gasteiger partial charge in [-0.1, -0.05) is 0 Å². The van der Waals surface area contributed by atoms with Crippen LogP contribution in [0.5, 0.6) is 5.75 Å². The molecule has 1 N–H and O–H groups in total. The molecule has 0 atom stereocenters. The maximum absolute atomic E-state index is 12.1. The number of rotatable bonds is 1. The van der Waals surface area contributed by atoms with Crippen molar-refractivity contribution < 1.29 is 42.9 Å². The molecule has 13 heavy (non-hydrogen) atoms. The number of benzene rings is 1. The molecule has 6 heteroatoms. The first-order valence-corrected chi connectivity index (χ1v) is 5.00. The Morgan fingerprint density at radius 3 is 2.23 bits per heavy atom. The van der Waals surface area contributed by atoms with Crippen molar-refractivity contribution in [3.05, 3.63) is 27.3 Å². The fourth-order valence-corrected chi connectivity index (χ4v) is 1.67. The molecule has 1 aromatic carbocycles. The predicted molar refractivity (Wildman–Crippen MR) is 32.9 cm³/mol. The van der Waals surface area contributed by atoms with E-state index in [4.69, 9.17) is 5.11 Å². The summed E-state index contributed by atoms with van der Waals surface area (Å²) < 4.78 is 48.2. The van der Waals surface area contributed by atoms with Gasteiger partial charge in [-0.15, -0.1) is 0 Å². The first-order valence-electron chi connectivity index (χ1n) is 3.10. The van der Waals surface area contributed by atoms with Gasteiger partial charge in [0.2, 0.25) is 0 Å². The Morgan fingerprint density at radius 1 is 1.15 bits per heavy atom. The Balaban J connectivity index is 3.16. The van der Waals surface area contributed by atoms with E-state index in [1.807, 2.05) is 0 Å². The molecule has 0 unspecified atom stereocenters. The van der Waals surface area contributed by atoms with Crippen molar-refractivity contribution in [1.82, 2.24) is 0 Å². The van der Waals surface area contributed by atoms with Gasteiger partial charge < -0.3 is 0 Å². The van der Waals surface area contributed by atoms with Gasteiger partial charge in [-0.2, -0.15) is 0 Å². The molecule has 0 fully saturated rings. The third-order valence-corrected chi connectivity index (χ3v) is 2.39. The third-order valence-electron chi connectivity index (χ3n) is 1.29. The topological polar surface area (TPSA) is 20.2 Å². The minimum atomic E-state index is -4.54. The van der Waals surface area contributed by atoms with E-state index < -0.39 is 39.3 Å². The zero-order chi connectivity index (χ0) is 10.1. The summed E-state index contributed by atoms with van der Waals surface area (Å²) in [6.07, 6.45) is -4.54. The fraction of sp³-hybridized carbons (Fsp3) is 0.143. The zero-order valence-electron chi connectivity index (χ0n) is 6.07. The SMILES string of the molecule is Oc1cc([I-]F)cc(C(F)(F)F)c1. The maximum atomic E-state index is 12.1. The van der Waals surface area contributed by atoms with Crippen molar-refractivity contribution in [3.63, 3.8) is 0 Å². The summed E-state index contributed by atoms with van der Waals surface area (Å²) in [6.45, 7) is 0. The Labute approximate surface area is 82.4 Å². The van der Waals surface area contributed by atoms with E-state index in [0.29, 0.717) is 12.1 Å². The van der Waals surface area contributed by atoms with E-state index in [-0.39, 0.29) is 3.57 Å². The van der Waals surface area contributed by atoms with Crippen LogP contribution in [0, 0.1) is 3.57 Å². The van der Waals surface area contributed by atoms with Crippen LogP contribution in [0.15, 0.2) is 18.2 Å². The number of hydrogen-bond donors (Lipinski definition) is 1. The molecule has 0 spiro atoms. The van der Waals surface area contributed by atoms with Gasteiger partial charge in [-0.3, -0.25) is 0 Å². The van der Waals surface area contributed by atoms with Gasteiger partial charge in [0.25, 0.3) is 0 Å². The van der Waals surface area contributed by atoms with Crippen LogP contribution in [-0.2, 0) is 6.18 Å². The third kappa shape index (κ3) is 2.71. The van der Waals surface area contributed by atoms with Crippen LogP contribution < -0.4 is 21.8 Å². The molecule has 0 aliphatic carbocycles. The van der Waals surface area contributed by atoms with Crippen LogP contribution in [0.25, 0.3) is 0 Å². The first kappa shape index (κ1) is 10.6. The minimum absolute atomic E-state index is 0.0777. The van der Waals surface area contributed by atoms with Gasteiger partial charge >= 0.3 is 82.2 Å². The van der Waals surface area contributed by atoms with Crippen LogP contribution >= 0.6 is 0 Å². The summed E-state index contributed by atoms with van der Waals surface area (Å²) in [6, 6.07) is 2.29. The van der Waals surface area contributed by atoms with E-state index in [0.717, 1.165) is 6.07 Å². The van der Waals surface area contributed by atoms with Crippen molar-refractivity contribution in [2.75, 3.05) is 0 Å². The molecule has 0 radical (unpaired) electrons. The Morgan fingerprint density at radius 2 is 1.77 bits per heavy atom. The monoisotopic (exact) mass is 307 g/mol. The number of phenols is 1. The molecular formula is C7H4F4IO-. The Kier molecular flexibility index (Phi) is 2.99. The summed E-state index contributed by atoms with van der Waals surface area (Å²) in [5.74, 6) is -0.554. The first-order chi connectivity index (χ1) is 5.93. The van der Waals surface area contributed by atoms with E-state index in [9.17, 15) is 16.0 Å². The van der Waals surface area contributed by atoms with Crippen LogP contribution in [0.3, 0.4) is 0 Å². The standard InChI is InChI=1S/C7H4F4IO/c8-7(9,10)4-1-5(12-11)3-6(13)2-4/h1-3,13H/q-1. The van der Waals surface area contributed by atoms with E-state index in [2.05, 4.69) is 0 Å². The van der Waals surface area contributed by atoms with E-state index >= 15 is 0 Å². The second-order valence-corrected chi connectivity index (χ2v) is 3.92. The van der Waals surface area contributed by atoms with Gasteiger partial charge in [0.1, 0.15) is 0 Å². The second-order valence-electron chi connectivity index (χ2n) is 2.27. The number of aromatic hydroxyl groups is 1. The Bertz CT molecular complexity index is 310. The normalized spacial score (nSPS) is 12.0. The fourth-order valence-electron chi connectivity index (χ4n) is 0.779. The zero-order valence-corrected chi connectivity index (χ0v) is 8.23. The molecule has 0 bridgehead atoms. The van der Waals surface area contributed by atoms with Gasteiger partial charge in [0.15, 0.2) is 0 Å². The number of phenolic OH excluding ortho intramolecular Hbond substituents is 1. The van der Waals surface area contributed by atoms with E-state index in [1.165, 1.54) is 0 Å². The number of halogens is 5. The molecule has 0 aliphatic rings. The molecule has 0 amide bonds. The van der Waals surface area contributed by atoms with Crippen molar-refractivity contribution in [2.45, 2.75) is 6.18 Å². The van der Waals surface area contributed by atoms with Crippen LogP contribution in [-0.4, -0.2) is 5.11 Å². The van der Waals surface area contributed by atoms with Crippen molar-refractivity contribution in [3.8, 4) is 5.75 Å². The van der Waals surface area contributed by atoms with Gasteiger partial charge in [0, 0.05) is 0 Å². The molecule has 1 aromatic rings. The van der Waals surface area contributed by atoms with Crippen LogP contribution in [0.1, 0.15) is 5.56 Å². The van der Waals surface area contributed by atoms with Crippen LogP contribution in [0.4, 0.5) is 16.0 Å². The average Bonchev–Trinajstić information content (AvgIpc) is 2.01. The summed E-state index contributed by atoms with van der Waals surface area (Å²) in [4.78, 5) is 0. The summed E-state index contributed by atoms with van der Waals surface area (Å²) in [5.41, 5.74) is -1.01. The molecule has 0 saturated carbocycles. The van der Waals surface area contributed by atoms with Crippen molar-refractivity contribution in [1.29, 1.82) is 0 Å². The second kappa shape index (κ2) is 3.69. The van der Waals surface area contributed by atoms with Gasteiger partial charge in [-0.05, 0) is 0 Å².